The summed E-state index contributed by atoms with van der Waals surface area (Å²) in [6.45, 7) is 3.82. The number of esters is 1. The molecule has 0 aromatic carbocycles. The van der Waals surface area contributed by atoms with Gasteiger partial charge in [-0.3, -0.25) is 9.59 Å². The van der Waals surface area contributed by atoms with E-state index in [0.29, 0.717) is 13.1 Å². The molecule has 0 aromatic heterocycles. The van der Waals surface area contributed by atoms with Crippen molar-refractivity contribution in [3.63, 3.8) is 0 Å². The highest BCUT2D eigenvalue weighted by atomic mass is 16.5. The molecule has 5 heteroatoms. The van der Waals surface area contributed by atoms with Gasteiger partial charge >= 0.3 is 5.97 Å². The summed E-state index contributed by atoms with van der Waals surface area (Å²) in [5.74, 6) is -0.627. The van der Waals surface area contributed by atoms with E-state index in [-0.39, 0.29) is 18.0 Å². The van der Waals surface area contributed by atoms with Crippen LogP contribution in [-0.4, -0.2) is 47.2 Å². The van der Waals surface area contributed by atoms with Crippen LogP contribution < -0.4 is 0 Å². The Morgan fingerprint density at radius 3 is 2.73 bits per heavy atom. The van der Waals surface area contributed by atoms with Gasteiger partial charge in [-0.05, 0) is 19.8 Å². The van der Waals surface area contributed by atoms with E-state index in [4.69, 9.17) is 9.84 Å². The molecular weight excluding hydrogens is 198 g/mol. The number of rotatable bonds is 2. The number of aliphatic hydroxyl groups excluding tert-OH is 1. The van der Waals surface area contributed by atoms with Gasteiger partial charge in [-0.15, -0.1) is 0 Å². The first-order valence-electron chi connectivity index (χ1n) is 5.14. The molecule has 1 aliphatic heterocycles. The maximum absolute atomic E-state index is 11.5. The van der Waals surface area contributed by atoms with Gasteiger partial charge in [-0.2, -0.15) is 0 Å². The minimum Gasteiger partial charge on any atom is -0.461 e. The quantitative estimate of drug-likeness (QED) is 0.654. The zero-order chi connectivity index (χ0) is 11.4. The van der Waals surface area contributed by atoms with Crippen LogP contribution in [0.15, 0.2) is 0 Å². The molecule has 1 fully saturated rings. The van der Waals surface area contributed by atoms with Crippen molar-refractivity contribution in [2.75, 3.05) is 13.1 Å². The van der Waals surface area contributed by atoms with Crippen LogP contribution in [0.5, 0.6) is 0 Å². The first-order chi connectivity index (χ1) is 7.00. The van der Waals surface area contributed by atoms with Crippen molar-refractivity contribution in [1.29, 1.82) is 0 Å². The molecule has 86 valence electrons. The smallest absolute Gasteiger partial charge is 0.302 e. The number of hydrogen-bond donors (Lipinski definition) is 1. The van der Waals surface area contributed by atoms with Crippen LogP contribution in [0.3, 0.4) is 0 Å². The van der Waals surface area contributed by atoms with E-state index < -0.39 is 6.10 Å². The van der Waals surface area contributed by atoms with E-state index >= 15 is 0 Å². The normalized spacial score (nSPS) is 23.4. The van der Waals surface area contributed by atoms with Gasteiger partial charge in [0.15, 0.2) is 0 Å². The van der Waals surface area contributed by atoms with Crippen molar-refractivity contribution in [1.82, 2.24) is 4.90 Å². The van der Waals surface area contributed by atoms with Crippen LogP contribution in [-0.2, 0) is 14.3 Å². The van der Waals surface area contributed by atoms with Crippen molar-refractivity contribution in [3.8, 4) is 0 Å². The summed E-state index contributed by atoms with van der Waals surface area (Å²) < 4.78 is 5.04. The molecule has 0 saturated carbocycles. The summed E-state index contributed by atoms with van der Waals surface area (Å²) in [6.07, 6.45) is 0.375. The van der Waals surface area contributed by atoms with Crippen molar-refractivity contribution >= 4 is 11.9 Å². The lowest BCUT2D eigenvalue weighted by Gasteiger charge is -2.32. The third-order valence-electron chi connectivity index (χ3n) is 2.38. The molecule has 2 atom stereocenters. The number of hydrogen-bond acceptors (Lipinski definition) is 4. The number of aliphatic hydroxyl groups is 1. The molecule has 0 bridgehead atoms. The van der Waals surface area contributed by atoms with E-state index in [9.17, 15) is 9.59 Å². The molecule has 1 aliphatic rings. The molecule has 1 amide bonds. The van der Waals surface area contributed by atoms with Gasteiger partial charge in [0, 0.05) is 13.5 Å². The van der Waals surface area contributed by atoms with E-state index in [2.05, 4.69) is 0 Å². The van der Waals surface area contributed by atoms with Crippen LogP contribution in [0.25, 0.3) is 0 Å². The average Bonchev–Trinajstić information content (AvgIpc) is 2.16. The molecule has 0 aromatic rings. The Hall–Kier alpha value is -1.10. The van der Waals surface area contributed by atoms with Gasteiger partial charge in [0.05, 0.1) is 6.54 Å². The molecule has 1 saturated heterocycles. The zero-order valence-corrected chi connectivity index (χ0v) is 9.10. The number of carbonyl (C=O) groups excluding carboxylic acids is 2. The monoisotopic (exact) mass is 215 g/mol. The number of piperidine rings is 1. The van der Waals surface area contributed by atoms with Crippen molar-refractivity contribution in [2.24, 2.45) is 0 Å². The average molecular weight is 215 g/mol. The number of carbonyl (C=O) groups is 2. The van der Waals surface area contributed by atoms with Crippen molar-refractivity contribution in [3.05, 3.63) is 0 Å². The first kappa shape index (κ1) is 12.0. The lowest BCUT2D eigenvalue weighted by atomic mass is 10.1. The summed E-state index contributed by atoms with van der Waals surface area (Å²) in [4.78, 5) is 23.8. The fourth-order valence-corrected chi connectivity index (χ4v) is 1.73. The Kier molecular flexibility index (Phi) is 4.08. The molecule has 0 aliphatic carbocycles. The van der Waals surface area contributed by atoms with E-state index in [1.807, 2.05) is 0 Å². The van der Waals surface area contributed by atoms with E-state index in [0.717, 1.165) is 12.8 Å². The topological polar surface area (TPSA) is 66.8 Å². The van der Waals surface area contributed by atoms with Crippen LogP contribution >= 0.6 is 0 Å². The van der Waals surface area contributed by atoms with Crippen LogP contribution in [0.2, 0.25) is 0 Å². The summed E-state index contributed by atoms with van der Waals surface area (Å²) in [7, 11) is 0. The molecule has 0 spiro atoms. The van der Waals surface area contributed by atoms with Crippen LogP contribution in [0, 0.1) is 0 Å². The fraction of sp³-hybridized carbons (Fsp3) is 0.800. The molecular formula is C10H17NO4. The zero-order valence-electron chi connectivity index (χ0n) is 9.10. The van der Waals surface area contributed by atoms with Gasteiger partial charge in [0.25, 0.3) is 5.91 Å². The Labute approximate surface area is 89.0 Å². The summed E-state index contributed by atoms with van der Waals surface area (Å²) in [6, 6.07) is 0. The molecule has 1 heterocycles. The van der Waals surface area contributed by atoms with Gasteiger partial charge in [-0.25, -0.2) is 0 Å². The summed E-state index contributed by atoms with van der Waals surface area (Å²) in [5, 5.41) is 9.14. The second kappa shape index (κ2) is 5.11. The van der Waals surface area contributed by atoms with Gasteiger partial charge < -0.3 is 14.7 Å². The summed E-state index contributed by atoms with van der Waals surface area (Å²) >= 11 is 0. The lowest BCUT2D eigenvalue weighted by Crippen LogP contribution is -2.47. The first-order valence-corrected chi connectivity index (χ1v) is 5.14. The third kappa shape index (κ3) is 3.51. The van der Waals surface area contributed by atoms with Gasteiger partial charge in [-0.1, -0.05) is 0 Å². The summed E-state index contributed by atoms with van der Waals surface area (Å²) in [5.41, 5.74) is 0. The number of nitrogens with zero attached hydrogens (tertiary/aromatic N) is 1. The molecule has 1 N–H and O–H groups in total. The predicted molar refractivity (Wildman–Crippen MR) is 53.0 cm³/mol. The SMILES string of the molecule is CC(=O)OC1CCCN(C(=O)[C@@H](C)O)C1. The van der Waals surface area contributed by atoms with Crippen LogP contribution in [0.1, 0.15) is 26.7 Å². The Morgan fingerprint density at radius 2 is 2.20 bits per heavy atom. The lowest BCUT2D eigenvalue weighted by molar-refractivity contribution is -0.154. The Balaban J connectivity index is 2.48. The maximum Gasteiger partial charge on any atom is 0.302 e. The van der Waals surface area contributed by atoms with Gasteiger partial charge in [0.2, 0.25) is 0 Å². The minimum absolute atomic E-state index is 0.223. The van der Waals surface area contributed by atoms with E-state index in [1.165, 1.54) is 13.8 Å². The number of likely N-dealkylation sites (tertiary alicyclic amines) is 1. The van der Waals surface area contributed by atoms with E-state index in [1.54, 1.807) is 4.90 Å². The maximum atomic E-state index is 11.5. The highest BCUT2D eigenvalue weighted by molar-refractivity contribution is 5.80. The molecule has 1 unspecified atom stereocenters. The minimum atomic E-state index is -0.985. The van der Waals surface area contributed by atoms with Crippen LogP contribution in [0.4, 0.5) is 0 Å². The molecule has 0 radical (unpaired) electrons. The fourth-order valence-electron chi connectivity index (χ4n) is 1.73. The Morgan fingerprint density at radius 1 is 1.53 bits per heavy atom. The van der Waals surface area contributed by atoms with Crippen molar-refractivity contribution < 1.29 is 19.4 Å². The largest absolute Gasteiger partial charge is 0.461 e. The highest BCUT2D eigenvalue weighted by Crippen LogP contribution is 2.14. The third-order valence-corrected chi connectivity index (χ3v) is 2.38. The predicted octanol–water partition coefficient (Wildman–Crippen LogP) is -0.0787. The number of ether oxygens (including phenoxy) is 1. The standard InChI is InChI=1S/C10H17NO4/c1-7(12)10(14)11-5-3-4-9(6-11)15-8(2)13/h7,9,12H,3-6H2,1-2H3/t7-,9?/m1/s1. The van der Waals surface area contributed by atoms with Gasteiger partial charge in [0.1, 0.15) is 12.2 Å². The second-order valence-corrected chi connectivity index (χ2v) is 3.83. The Bertz CT molecular complexity index is 252. The second-order valence-electron chi connectivity index (χ2n) is 3.83. The van der Waals surface area contributed by atoms with Crippen molar-refractivity contribution in [2.45, 2.75) is 38.9 Å². The molecule has 15 heavy (non-hydrogen) atoms. The molecule has 5 nitrogen and oxygen atoms in total. The number of amides is 1. The molecule has 1 rings (SSSR count). The highest BCUT2D eigenvalue weighted by Gasteiger charge is 2.27.